The number of halogens is 2. The molecule has 236 valence electrons. The molecule has 0 aliphatic carbocycles. The lowest BCUT2D eigenvalue weighted by Crippen LogP contribution is -2.47. The SMILES string of the molecule is O=C(CCCc1ccccc1)OC(CCN1CCN(CCCN(c2ccc(F)cc2)c2ccc(F)cc2)CC1)c1ccccc1. The number of esters is 1. The molecule has 1 atom stereocenters. The molecule has 1 fully saturated rings. The van der Waals surface area contributed by atoms with Gasteiger partial charge in [-0.15, -0.1) is 0 Å². The second kappa shape index (κ2) is 16.8. The van der Waals surface area contributed by atoms with Gasteiger partial charge in [-0.3, -0.25) is 4.79 Å². The van der Waals surface area contributed by atoms with Crippen molar-refractivity contribution in [1.29, 1.82) is 0 Å². The molecule has 0 amide bonds. The van der Waals surface area contributed by atoms with Gasteiger partial charge in [0, 0.05) is 63.5 Å². The van der Waals surface area contributed by atoms with Crippen molar-refractivity contribution in [2.24, 2.45) is 0 Å². The van der Waals surface area contributed by atoms with Crippen LogP contribution in [-0.2, 0) is 16.0 Å². The summed E-state index contributed by atoms with van der Waals surface area (Å²) in [5.41, 5.74) is 4.05. The van der Waals surface area contributed by atoms with E-state index in [0.717, 1.165) is 88.4 Å². The zero-order chi connectivity index (χ0) is 31.3. The Labute approximate surface area is 266 Å². The molecule has 0 bridgehead atoms. The minimum absolute atomic E-state index is 0.139. The number of piperazine rings is 1. The maximum atomic E-state index is 13.6. The van der Waals surface area contributed by atoms with Gasteiger partial charge in [-0.2, -0.15) is 0 Å². The fraction of sp³-hybridized carbons (Fsp3) is 0.342. The van der Waals surface area contributed by atoms with Crippen molar-refractivity contribution < 1.29 is 18.3 Å². The van der Waals surface area contributed by atoms with Gasteiger partial charge in [0.2, 0.25) is 0 Å². The van der Waals surface area contributed by atoms with E-state index in [2.05, 4.69) is 26.8 Å². The lowest BCUT2D eigenvalue weighted by atomic mass is 10.1. The topological polar surface area (TPSA) is 36.0 Å². The van der Waals surface area contributed by atoms with Crippen LogP contribution < -0.4 is 4.90 Å². The molecule has 0 N–H and O–H groups in total. The molecule has 5 rings (SSSR count). The molecule has 1 unspecified atom stereocenters. The maximum Gasteiger partial charge on any atom is 0.306 e. The Morgan fingerprint density at radius 1 is 0.689 bits per heavy atom. The first-order valence-corrected chi connectivity index (χ1v) is 16.1. The summed E-state index contributed by atoms with van der Waals surface area (Å²) in [6.45, 7) is 6.43. The Hall–Kier alpha value is -4.07. The number of aryl methyl sites for hydroxylation is 1. The lowest BCUT2D eigenvalue weighted by molar-refractivity contribution is -0.150. The second-order valence-corrected chi connectivity index (χ2v) is 11.7. The highest BCUT2D eigenvalue weighted by atomic mass is 19.1. The van der Waals surface area contributed by atoms with Crippen molar-refractivity contribution in [3.8, 4) is 0 Å². The van der Waals surface area contributed by atoms with E-state index >= 15 is 0 Å². The van der Waals surface area contributed by atoms with Crippen molar-refractivity contribution in [3.63, 3.8) is 0 Å². The summed E-state index contributed by atoms with van der Waals surface area (Å²) in [7, 11) is 0. The molecular weight excluding hydrogens is 568 g/mol. The fourth-order valence-corrected chi connectivity index (χ4v) is 5.90. The van der Waals surface area contributed by atoms with Gasteiger partial charge in [-0.25, -0.2) is 8.78 Å². The van der Waals surface area contributed by atoms with Crippen LogP contribution in [0.2, 0.25) is 0 Å². The van der Waals surface area contributed by atoms with E-state index in [1.54, 1.807) is 24.3 Å². The van der Waals surface area contributed by atoms with E-state index in [9.17, 15) is 13.6 Å². The van der Waals surface area contributed by atoms with Crippen molar-refractivity contribution in [3.05, 3.63) is 132 Å². The Kier molecular flexibility index (Phi) is 12.1. The third kappa shape index (κ3) is 10.2. The summed E-state index contributed by atoms with van der Waals surface area (Å²) in [6, 6.07) is 33.2. The van der Waals surface area contributed by atoms with Gasteiger partial charge in [0.1, 0.15) is 17.7 Å². The normalized spacial score (nSPS) is 14.6. The zero-order valence-corrected chi connectivity index (χ0v) is 25.9. The summed E-state index contributed by atoms with van der Waals surface area (Å²) in [5, 5.41) is 0. The highest BCUT2D eigenvalue weighted by molar-refractivity contribution is 5.69. The number of ether oxygens (including phenoxy) is 1. The molecule has 5 nitrogen and oxygen atoms in total. The molecule has 0 spiro atoms. The predicted octanol–water partition coefficient (Wildman–Crippen LogP) is 7.81. The monoisotopic (exact) mass is 611 g/mol. The summed E-state index contributed by atoms with van der Waals surface area (Å²) >= 11 is 0. The molecule has 1 heterocycles. The molecule has 0 aromatic heterocycles. The molecule has 1 aliphatic rings. The van der Waals surface area contributed by atoms with E-state index in [0.29, 0.717) is 6.42 Å². The molecule has 1 aliphatic heterocycles. The first-order valence-electron chi connectivity index (χ1n) is 16.1. The molecular formula is C38H43F2N3O2. The average molecular weight is 612 g/mol. The van der Waals surface area contributed by atoms with Crippen LogP contribution in [0.25, 0.3) is 0 Å². The third-order valence-corrected chi connectivity index (χ3v) is 8.44. The van der Waals surface area contributed by atoms with Gasteiger partial charge in [0.15, 0.2) is 0 Å². The number of hydrogen-bond donors (Lipinski definition) is 0. The minimum atomic E-state index is -0.275. The van der Waals surface area contributed by atoms with E-state index in [1.165, 1.54) is 29.8 Å². The number of carbonyl (C=O) groups is 1. The first kappa shape index (κ1) is 32.3. The Balaban J connectivity index is 1.07. The van der Waals surface area contributed by atoms with Gasteiger partial charge in [-0.1, -0.05) is 60.7 Å². The van der Waals surface area contributed by atoms with E-state index < -0.39 is 0 Å². The second-order valence-electron chi connectivity index (χ2n) is 11.7. The van der Waals surface area contributed by atoms with Crippen LogP contribution in [0.15, 0.2) is 109 Å². The van der Waals surface area contributed by atoms with Gasteiger partial charge in [0.05, 0.1) is 0 Å². The fourth-order valence-electron chi connectivity index (χ4n) is 5.90. The predicted molar refractivity (Wildman–Crippen MR) is 177 cm³/mol. The number of hydrogen-bond acceptors (Lipinski definition) is 5. The Morgan fingerprint density at radius 2 is 1.22 bits per heavy atom. The van der Waals surface area contributed by atoms with Crippen LogP contribution in [0.5, 0.6) is 0 Å². The van der Waals surface area contributed by atoms with Crippen LogP contribution in [0, 0.1) is 11.6 Å². The molecule has 0 saturated carbocycles. The number of nitrogens with zero attached hydrogens (tertiary/aromatic N) is 3. The first-order chi connectivity index (χ1) is 22.0. The molecule has 4 aromatic rings. The highest BCUT2D eigenvalue weighted by Gasteiger charge is 2.21. The van der Waals surface area contributed by atoms with Crippen molar-refractivity contribution in [2.45, 2.75) is 38.2 Å². The maximum absolute atomic E-state index is 13.6. The number of rotatable bonds is 15. The quantitative estimate of drug-likeness (QED) is 0.128. The van der Waals surface area contributed by atoms with Gasteiger partial charge >= 0.3 is 5.97 Å². The van der Waals surface area contributed by atoms with Crippen LogP contribution in [-0.4, -0.2) is 61.6 Å². The van der Waals surface area contributed by atoms with Crippen LogP contribution in [0.4, 0.5) is 20.2 Å². The minimum Gasteiger partial charge on any atom is -0.457 e. The number of carbonyl (C=O) groups excluding carboxylic acids is 1. The summed E-state index contributed by atoms with van der Waals surface area (Å²) in [6.07, 6.45) is 3.49. The molecule has 7 heteroatoms. The van der Waals surface area contributed by atoms with Gasteiger partial charge in [-0.05, 0) is 85.5 Å². The highest BCUT2D eigenvalue weighted by Crippen LogP contribution is 2.27. The zero-order valence-electron chi connectivity index (χ0n) is 25.9. The lowest BCUT2D eigenvalue weighted by Gasteiger charge is -2.36. The van der Waals surface area contributed by atoms with Crippen molar-refractivity contribution in [1.82, 2.24) is 9.80 Å². The summed E-state index contributed by atoms with van der Waals surface area (Å²) in [4.78, 5) is 19.8. The van der Waals surface area contributed by atoms with Crippen molar-refractivity contribution in [2.75, 3.05) is 50.7 Å². The van der Waals surface area contributed by atoms with Crippen LogP contribution in [0.3, 0.4) is 0 Å². The van der Waals surface area contributed by atoms with Gasteiger partial charge < -0.3 is 19.4 Å². The van der Waals surface area contributed by atoms with Gasteiger partial charge in [0.25, 0.3) is 0 Å². The van der Waals surface area contributed by atoms with E-state index in [4.69, 9.17) is 4.74 Å². The van der Waals surface area contributed by atoms with Crippen LogP contribution >= 0.6 is 0 Å². The average Bonchev–Trinajstić information content (AvgIpc) is 3.07. The number of benzene rings is 4. The molecule has 1 saturated heterocycles. The van der Waals surface area contributed by atoms with E-state index in [1.807, 2.05) is 48.5 Å². The Bertz CT molecular complexity index is 1380. The summed E-state index contributed by atoms with van der Waals surface area (Å²) < 4.78 is 33.2. The molecule has 45 heavy (non-hydrogen) atoms. The molecule has 4 aromatic carbocycles. The summed E-state index contributed by atoms with van der Waals surface area (Å²) in [5.74, 6) is -0.689. The standard InChI is InChI=1S/C38H43F2N3O2/c39-33-15-19-35(20-16-33)43(36-21-17-34(40)18-22-36)25-8-24-41-27-29-42(30-28-41)26-23-37(32-12-5-2-6-13-32)45-38(44)14-7-11-31-9-3-1-4-10-31/h1-6,9-10,12-13,15-22,37H,7-8,11,14,23-30H2. The largest absolute Gasteiger partial charge is 0.457 e. The van der Waals surface area contributed by atoms with E-state index in [-0.39, 0.29) is 23.7 Å². The number of anilines is 2. The van der Waals surface area contributed by atoms with Crippen molar-refractivity contribution >= 4 is 17.3 Å². The smallest absolute Gasteiger partial charge is 0.306 e. The van der Waals surface area contributed by atoms with Crippen LogP contribution in [0.1, 0.15) is 42.9 Å². The molecule has 0 radical (unpaired) electrons. The Morgan fingerprint density at radius 3 is 1.80 bits per heavy atom. The third-order valence-electron chi connectivity index (χ3n) is 8.44.